The zero-order valence-electron chi connectivity index (χ0n) is 15.2. The summed E-state index contributed by atoms with van der Waals surface area (Å²) in [6.07, 6.45) is 5.85. The molecule has 1 aliphatic heterocycles. The quantitative estimate of drug-likeness (QED) is 0.479. The number of nitrogens with zero attached hydrogens (tertiary/aromatic N) is 1. The van der Waals surface area contributed by atoms with Crippen molar-refractivity contribution in [2.45, 2.75) is 72.3 Å². The van der Waals surface area contributed by atoms with E-state index in [-0.39, 0.29) is 16.2 Å². The van der Waals surface area contributed by atoms with Gasteiger partial charge in [-0.15, -0.1) is 0 Å². The summed E-state index contributed by atoms with van der Waals surface area (Å²) >= 11 is 0. The third-order valence-corrected chi connectivity index (χ3v) is 5.23. The van der Waals surface area contributed by atoms with Crippen LogP contribution in [0.1, 0.15) is 61.8 Å². The standard InChI is InChI=1S/C19H27NO4/c1-12(20(22)23)8-6-7-10-19(5)11-9-16-15(4)17(21)13(2)14(3)18(16)24-19/h8,21H,6-7,9-11H2,1-5H3/b12-8+. The third kappa shape index (κ3) is 3.55. The minimum absolute atomic E-state index is 0.202. The maximum Gasteiger partial charge on any atom is 0.239 e. The summed E-state index contributed by atoms with van der Waals surface area (Å²) in [5, 5.41) is 20.8. The average Bonchev–Trinajstić information content (AvgIpc) is 2.54. The Balaban J connectivity index is 2.11. The second-order valence-corrected chi connectivity index (χ2v) is 7.08. The van der Waals surface area contributed by atoms with Crippen LogP contribution in [0.4, 0.5) is 0 Å². The van der Waals surface area contributed by atoms with Crippen molar-refractivity contribution in [3.05, 3.63) is 44.1 Å². The van der Waals surface area contributed by atoms with Crippen molar-refractivity contribution < 1.29 is 14.8 Å². The molecule has 2 rings (SSSR count). The fourth-order valence-electron chi connectivity index (χ4n) is 3.33. The number of allylic oxidation sites excluding steroid dienone is 2. The van der Waals surface area contributed by atoms with E-state index in [1.54, 1.807) is 6.08 Å². The number of aromatic hydroxyl groups is 1. The first-order valence-corrected chi connectivity index (χ1v) is 8.48. The number of benzene rings is 1. The largest absolute Gasteiger partial charge is 0.507 e. The molecule has 1 aromatic carbocycles. The Hall–Kier alpha value is -2.04. The zero-order valence-corrected chi connectivity index (χ0v) is 15.2. The van der Waals surface area contributed by atoms with Gasteiger partial charge in [-0.05, 0) is 82.6 Å². The lowest BCUT2D eigenvalue weighted by molar-refractivity contribution is -0.424. The Morgan fingerprint density at radius 3 is 2.62 bits per heavy atom. The number of phenolic OH excluding ortho intramolecular Hbond substituents is 1. The van der Waals surface area contributed by atoms with Crippen LogP contribution >= 0.6 is 0 Å². The second-order valence-electron chi connectivity index (χ2n) is 7.08. The monoisotopic (exact) mass is 333 g/mol. The summed E-state index contributed by atoms with van der Waals surface area (Å²) in [5.41, 5.74) is 3.84. The predicted octanol–water partition coefficient (Wildman–Crippen LogP) is 4.75. The number of nitro groups is 1. The van der Waals surface area contributed by atoms with Crippen molar-refractivity contribution in [2.24, 2.45) is 0 Å². The first kappa shape index (κ1) is 18.3. The van der Waals surface area contributed by atoms with Crippen molar-refractivity contribution in [3.8, 4) is 11.5 Å². The van der Waals surface area contributed by atoms with Crippen molar-refractivity contribution in [3.63, 3.8) is 0 Å². The van der Waals surface area contributed by atoms with Gasteiger partial charge in [0.2, 0.25) is 5.70 Å². The van der Waals surface area contributed by atoms with Crippen LogP contribution in [0.3, 0.4) is 0 Å². The van der Waals surface area contributed by atoms with E-state index < -0.39 is 0 Å². The molecule has 0 amide bonds. The number of fused-ring (bicyclic) bond motifs is 1. The highest BCUT2D eigenvalue weighted by molar-refractivity contribution is 5.58. The van der Waals surface area contributed by atoms with Gasteiger partial charge >= 0.3 is 0 Å². The van der Waals surface area contributed by atoms with E-state index in [1.165, 1.54) is 6.92 Å². The highest BCUT2D eigenvalue weighted by Crippen LogP contribution is 2.44. The molecule has 1 unspecified atom stereocenters. The molecule has 24 heavy (non-hydrogen) atoms. The van der Waals surface area contributed by atoms with Crippen LogP contribution in [0.2, 0.25) is 0 Å². The van der Waals surface area contributed by atoms with Gasteiger partial charge in [0.25, 0.3) is 0 Å². The maximum absolute atomic E-state index is 10.6. The Bertz CT molecular complexity index is 693. The minimum Gasteiger partial charge on any atom is -0.507 e. The van der Waals surface area contributed by atoms with Gasteiger partial charge in [-0.1, -0.05) is 0 Å². The van der Waals surface area contributed by atoms with Gasteiger partial charge in [-0.2, -0.15) is 0 Å². The molecule has 0 bridgehead atoms. The molecular formula is C19H27NO4. The van der Waals surface area contributed by atoms with Gasteiger partial charge in [0.1, 0.15) is 17.1 Å². The molecule has 0 saturated heterocycles. The Morgan fingerprint density at radius 2 is 2.00 bits per heavy atom. The van der Waals surface area contributed by atoms with Crippen LogP contribution in [0, 0.1) is 30.9 Å². The molecule has 1 heterocycles. The number of hydrogen-bond donors (Lipinski definition) is 1. The molecule has 1 aliphatic rings. The summed E-state index contributed by atoms with van der Waals surface area (Å²) in [4.78, 5) is 10.3. The van der Waals surface area contributed by atoms with E-state index in [0.29, 0.717) is 12.2 Å². The maximum atomic E-state index is 10.6. The molecule has 5 nitrogen and oxygen atoms in total. The van der Waals surface area contributed by atoms with Crippen LogP contribution in [-0.4, -0.2) is 15.6 Å². The van der Waals surface area contributed by atoms with Crippen molar-refractivity contribution >= 4 is 0 Å². The van der Waals surface area contributed by atoms with E-state index in [0.717, 1.165) is 53.7 Å². The lowest BCUT2D eigenvalue weighted by Gasteiger charge is -2.38. The fourth-order valence-corrected chi connectivity index (χ4v) is 3.33. The summed E-state index contributed by atoms with van der Waals surface area (Å²) in [6.45, 7) is 9.48. The average molecular weight is 333 g/mol. The molecule has 0 spiro atoms. The molecule has 1 N–H and O–H groups in total. The van der Waals surface area contributed by atoms with Gasteiger partial charge in [0.15, 0.2) is 0 Å². The topological polar surface area (TPSA) is 72.6 Å². The van der Waals surface area contributed by atoms with Crippen LogP contribution < -0.4 is 4.74 Å². The molecule has 0 radical (unpaired) electrons. The van der Waals surface area contributed by atoms with Crippen LogP contribution in [-0.2, 0) is 6.42 Å². The first-order chi connectivity index (χ1) is 11.2. The smallest absolute Gasteiger partial charge is 0.239 e. The third-order valence-electron chi connectivity index (χ3n) is 5.23. The molecular weight excluding hydrogens is 306 g/mol. The molecule has 0 aromatic heterocycles. The van der Waals surface area contributed by atoms with E-state index in [4.69, 9.17) is 4.74 Å². The lowest BCUT2D eigenvalue weighted by atomic mass is 9.84. The van der Waals surface area contributed by atoms with Gasteiger partial charge in [0.05, 0.1) is 4.92 Å². The van der Waals surface area contributed by atoms with Crippen LogP contribution in [0.25, 0.3) is 0 Å². The van der Waals surface area contributed by atoms with Crippen molar-refractivity contribution in [1.82, 2.24) is 0 Å². The minimum atomic E-state index is -0.351. The second kappa shape index (κ2) is 6.83. The number of rotatable bonds is 5. The fraction of sp³-hybridized carbons (Fsp3) is 0.579. The molecule has 0 fully saturated rings. The molecule has 132 valence electrons. The Morgan fingerprint density at radius 1 is 1.33 bits per heavy atom. The number of ether oxygens (including phenoxy) is 1. The zero-order chi connectivity index (χ0) is 18.1. The molecule has 1 atom stereocenters. The SMILES string of the molecule is C/C(=C\CCCC1(C)CCc2c(C)c(O)c(C)c(C)c2O1)[N+](=O)[O-]. The highest BCUT2D eigenvalue weighted by atomic mass is 16.6. The Labute approximate surface area is 143 Å². The summed E-state index contributed by atoms with van der Waals surface area (Å²) < 4.78 is 6.36. The van der Waals surface area contributed by atoms with Gasteiger partial charge in [-0.3, -0.25) is 10.1 Å². The summed E-state index contributed by atoms with van der Waals surface area (Å²) in [5.74, 6) is 1.28. The van der Waals surface area contributed by atoms with Crippen LogP contribution in [0.5, 0.6) is 11.5 Å². The summed E-state index contributed by atoms with van der Waals surface area (Å²) in [7, 11) is 0. The number of hydrogen-bond acceptors (Lipinski definition) is 4. The number of phenols is 1. The van der Waals surface area contributed by atoms with E-state index in [1.807, 2.05) is 20.8 Å². The molecule has 1 aromatic rings. The predicted molar refractivity (Wildman–Crippen MR) is 94.3 cm³/mol. The molecule has 5 heteroatoms. The lowest BCUT2D eigenvalue weighted by Crippen LogP contribution is -2.37. The summed E-state index contributed by atoms with van der Waals surface area (Å²) in [6, 6.07) is 0. The molecule has 0 aliphatic carbocycles. The number of unbranched alkanes of at least 4 members (excludes halogenated alkanes) is 1. The van der Waals surface area contributed by atoms with E-state index in [2.05, 4.69) is 6.92 Å². The van der Waals surface area contributed by atoms with Crippen LogP contribution in [0.15, 0.2) is 11.8 Å². The van der Waals surface area contributed by atoms with E-state index >= 15 is 0 Å². The molecule has 0 saturated carbocycles. The van der Waals surface area contributed by atoms with Crippen molar-refractivity contribution in [1.29, 1.82) is 0 Å². The van der Waals surface area contributed by atoms with Crippen molar-refractivity contribution in [2.75, 3.05) is 0 Å². The highest BCUT2D eigenvalue weighted by Gasteiger charge is 2.34. The van der Waals surface area contributed by atoms with Gasteiger partial charge in [0, 0.05) is 12.5 Å². The normalized spacial score (nSPS) is 20.5. The van der Waals surface area contributed by atoms with E-state index in [9.17, 15) is 15.2 Å². The Kier molecular flexibility index (Phi) is 5.21. The first-order valence-electron chi connectivity index (χ1n) is 8.48. The van der Waals surface area contributed by atoms with Gasteiger partial charge in [-0.25, -0.2) is 0 Å². The van der Waals surface area contributed by atoms with Gasteiger partial charge < -0.3 is 9.84 Å².